The number of hydrogen-bond donors (Lipinski definition) is 1. The second-order valence-electron chi connectivity index (χ2n) is 7.04. The molecular formula is C16H28N4. The zero-order valence-electron chi connectivity index (χ0n) is 13.7. The summed E-state index contributed by atoms with van der Waals surface area (Å²) in [6, 6.07) is 0. The molecule has 0 bridgehead atoms. The maximum absolute atomic E-state index is 4.54. The molecular weight excluding hydrogens is 248 g/mol. The van der Waals surface area contributed by atoms with Crippen LogP contribution in [-0.4, -0.2) is 27.6 Å². The van der Waals surface area contributed by atoms with Gasteiger partial charge in [0.15, 0.2) is 0 Å². The average molecular weight is 276 g/mol. The highest BCUT2D eigenvalue weighted by Crippen LogP contribution is 2.20. The SMILES string of the molecule is C=CCN(c1cnc(CNC(C)(C)C)cn1)C(C)(C)C. The number of anilines is 1. The van der Waals surface area contributed by atoms with Gasteiger partial charge in [0.25, 0.3) is 0 Å². The van der Waals surface area contributed by atoms with Crippen LogP contribution in [0, 0.1) is 0 Å². The fourth-order valence-corrected chi connectivity index (χ4v) is 1.77. The van der Waals surface area contributed by atoms with Gasteiger partial charge in [0, 0.05) is 24.2 Å². The van der Waals surface area contributed by atoms with Crippen LogP contribution in [0.15, 0.2) is 25.0 Å². The Morgan fingerprint density at radius 3 is 2.20 bits per heavy atom. The van der Waals surface area contributed by atoms with Crippen LogP contribution >= 0.6 is 0 Å². The molecule has 0 atom stereocenters. The van der Waals surface area contributed by atoms with E-state index in [4.69, 9.17) is 0 Å². The van der Waals surface area contributed by atoms with Crippen LogP contribution in [0.1, 0.15) is 47.2 Å². The standard InChI is InChI=1S/C16H28N4/c1-8-9-20(16(5,6)7)14-12-17-13(10-18-14)11-19-15(2,3)4/h8,10,12,19H,1,9,11H2,2-7H3. The van der Waals surface area contributed by atoms with E-state index in [0.29, 0.717) is 0 Å². The van der Waals surface area contributed by atoms with Crippen LogP contribution in [0.4, 0.5) is 5.82 Å². The molecule has 112 valence electrons. The van der Waals surface area contributed by atoms with Gasteiger partial charge in [-0.05, 0) is 41.5 Å². The van der Waals surface area contributed by atoms with E-state index in [-0.39, 0.29) is 11.1 Å². The van der Waals surface area contributed by atoms with Crippen molar-refractivity contribution in [3.63, 3.8) is 0 Å². The van der Waals surface area contributed by atoms with Crippen LogP contribution in [0.25, 0.3) is 0 Å². The lowest BCUT2D eigenvalue weighted by molar-refractivity contribution is 0.421. The van der Waals surface area contributed by atoms with Crippen molar-refractivity contribution in [1.29, 1.82) is 0 Å². The van der Waals surface area contributed by atoms with Crippen LogP contribution in [-0.2, 0) is 6.54 Å². The van der Waals surface area contributed by atoms with Gasteiger partial charge >= 0.3 is 0 Å². The van der Waals surface area contributed by atoms with Gasteiger partial charge in [0.2, 0.25) is 0 Å². The maximum atomic E-state index is 4.54. The number of aromatic nitrogens is 2. The molecule has 1 heterocycles. The summed E-state index contributed by atoms with van der Waals surface area (Å²) in [6.07, 6.45) is 5.58. The first-order chi connectivity index (χ1) is 9.13. The minimum absolute atomic E-state index is 0.00591. The van der Waals surface area contributed by atoms with E-state index in [1.807, 2.05) is 18.5 Å². The van der Waals surface area contributed by atoms with Crippen LogP contribution in [0.2, 0.25) is 0 Å². The number of nitrogens with one attached hydrogen (secondary N) is 1. The van der Waals surface area contributed by atoms with Crippen molar-refractivity contribution in [1.82, 2.24) is 15.3 Å². The highest BCUT2D eigenvalue weighted by molar-refractivity contribution is 5.40. The molecule has 0 unspecified atom stereocenters. The lowest BCUT2D eigenvalue weighted by Gasteiger charge is -2.35. The Kier molecular flexibility index (Phi) is 5.28. The molecule has 1 aromatic rings. The van der Waals surface area contributed by atoms with Crippen molar-refractivity contribution in [2.24, 2.45) is 0 Å². The predicted octanol–water partition coefficient (Wildman–Crippen LogP) is 3.16. The largest absolute Gasteiger partial charge is 0.347 e. The van der Waals surface area contributed by atoms with Crippen LogP contribution in [0.3, 0.4) is 0 Å². The highest BCUT2D eigenvalue weighted by Gasteiger charge is 2.21. The summed E-state index contributed by atoms with van der Waals surface area (Å²) in [5.74, 6) is 0.886. The third-order valence-electron chi connectivity index (χ3n) is 2.89. The van der Waals surface area contributed by atoms with Crippen LogP contribution < -0.4 is 10.2 Å². The molecule has 1 aromatic heterocycles. The molecule has 0 fully saturated rings. The first-order valence-electron chi connectivity index (χ1n) is 7.08. The molecule has 0 spiro atoms. The number of hydrogen-bond acceptors (Lipinski definition) is 4. The molecule has 4 nitrogen and oxygen atoms in total. The molecule has 20 heavy (non-hydrogen) atoms. The van der Waals surface area contributed by atoms with Gasteiger partial charge < -0.3 is 10.2 Å². The van der Waals surface area contributed by atoms with E-state index in [9.17, 15) is 0 Å². The van der Waals surface area contributed by atoms with E-state index in [0.717, 1.165) is 24.6 Å². The van der Waals surface area contributed by atoms with Gasteiger partial charge in [-0.25, -0.2) is 4.98 Å². The summed E-state index contributed by atoms with van der Waals surface area (Å²) in [5, 5.41) is 3.41. The van der Waals surface area contributed by atoms with Crippen molar-refractivity contribution in [3.05, 3.63) is 30.7 Å². The Balaban J connectivity index is 2.81. The highest BCUT2D eigenvalue weighted by atomic mass is 15.2. The number of nitrogens with zero attached hydrogens (tertiary/aromatic N) is 3. The van der Waals surface area contributed by atoms with Gasteiger partial charge in [-0.1, -0.05) is 6.08 Å². The quantitative estimate of drug-likeness (QED) is 0.839. The van der Waals surface area contributed by atoms with Gasteiger partial charge in [-0.2, -0.15) is 0 Å². The first-order valence-corrected chi connectivity index (χ1v) is 7.08. The molecule has 1 rings (SSSR count). The normalized spacial score (nSPS) is 12.3. The monoisotopic (exact) mass is 276 g/mol. The third kappa shape index (κ3) is 5.29. The van der Waals surface area contributed by atoms with Crippen molar-refractivity contribution in [2.75, 3.05) is 11.4 Å². The maximum Gasteiger partial charge on any atom is 0.147 e. The minimum Gasteiger partial charge on any atom is -0.347 e. The van der Waals surface area contributed by atoms with Gasteiger partial charge in [0.05, 0.1) is 18.1 Å². The van der Waals surface area contributed by atoms with Gasteiger partial charge in [0.1, 0.15) is 5.82 Å². The summed E-state index contributed by atoms with van der Waals surface area (Å²) in [4.78, 5) is 11.2. The molecule has 1 N–H and O–H groups in total. The third-order valence-corrected chi connectivity index (χ3v) is 2.89. The predicted molar refractivity (Wildman–Crippen MR) is 85.9 cm³/mol. The topological polar surface area (TPSA) is 41.1 Å². The second kappa shape index (κ2) is 6.35. The smallest absolute Gasteiger partial charge is 0.147 e. The molecule has 4 heteroatoms. The molecule has 0 aliphatic rings. The first kappa shape index (κ1) is 16.6. The van der Waals surface area contributed by atoms with Crippen molar-refractivity contribution < 1.29 is 0 Å². The lowest BCUT2D eigenvalue weighted by atomic mass is 10.1. The van der Waals surface area contributed by atoms with Crippen molar-refractivity contribution in [3.8, 4) is 0 Å². The Morgan fingerprint density at radius 2 is 1.80 bits per heavy atom. The number of rotatable bonds is 5. The van der Waals surface area contributed by atoms with Crippen LogP contribution in [0.5, 0.6) is 0 Å². The Bertz CT molecular complexity index is 423. The van der Waals surface area contributed by atoms with Gasteiger partial charge in [-0.3, -0.25) is 4.98 Å². The minimum atomic E-state index is -0.00591. The fourth-order valence-electron chi connectivity index (χ4n) is 1.77. The van der Waals surface area contributed by atoms with Gasteiger partial charge in [-0.15, -0.1) is 6.58 Å². The molecule has 0 aliphatic carbocycles. The Morgan fingerprint density at radius 1 is 1.15 bits per heavy atom. The van der Waals surface area contributed by atoms with E-state index >= 15 is 0 Å². The molecule has 0 radical (unpaired) electrons. The van der Waals surface area contributed by atoms with Crippen molar-refractivity contribution in [2.45, 2.75) is 59.2 Å². The average Bonchev–Trinajstić information content (AvgIpc) is 2.32. The summed E-state index contributed by atoms with van der Waals surface area (Å²) in [5.41, 5.74) is 1.03. The molecule has 0 aliphatic heterocycles. The van der Waals surface area contributed by atoms with E-state index in [1.54, 1.807) is 0 Å². The summed E-state index contributed by atoms with van der Waals surface area (Å²) >= 11 is 0. The summed E-state index contributed by atoms with van der Waals surface area (Å²) in [6.45, 7) is 18.2. The molecule has 0 saturated heterocycles. The Hall–Kier alpha value is -1.42. The lowest BCUT2D eigenvalue weighted by Crippen LogP contribution is -2.42. The second-order valence-corrected chi connectivity index (χ2v) is 7.04. The summed E-state index contributed by atoms with van der Waals surface area (Å²) < 4.78 is 0. The Labute approximate surface area is 123 Å². The fraction of sp³-hybridized carbons (Fsp3) is 0.625. The van der Waals surface area contributed by atoms with E-state index in [1.165, 1.54) is 0 Å². The summed E-state index contributed by atoms with van der Waals surface area (Å²) in [7, 11) is 0. The van der Waals surface area contributed by atoms with E-state index in [2.05, 4.69) is 68.3 Å². The zero-order valence-corrected chi connectivity index (χ0v) is 13.7. The zero-order chi connectivity index (χ0) is 15.4. The molecule has 0 saturated carbocycles. The molecule has 0 amide bonds. The van der Waals surface area contributed by atoms with Crippen molar-refractivity contribution >= 4 is 5.82 Å². The van der Waals surface area contributed by atoms with E-state index < -0.39 is 0 Å². The molecule has 0 aromatic carbocycles.